The van der Waals surface area contributed by atoms with Crippen LogP contribution in [0.1, 0.15) is 47.3 Å². The summed E-state index contributed by atoms with van der Waals surface area (Å²) >= 11 is 0. The standard InChI is InChI=1S/C25H36N4O3S/c1-6-19-9-11-20(12-10-19)24(27(2)3)18-26-25(30)22-17-21(33(31,32)28(4)5)13-14-23(22)29-15-7-8-16-29/h9-14,17,24H,6-8,15-16,18H2,1-5H3,(H,26,30). The maximum atomic E-state index is 13.4. The van der Waals surface area contributed by atoms with Crippen LogP contribution in [0.5, 0.6) is 0 Å². The highest BCUT2D eigenvalue weighted by Gasteiger charge is 2.25. The molecule has 180 valence electrons. The van der Waals surface area contributed by atoms with Crippen molar-refractivity contribution in [3.63, 3.8) is 0 Å². The number of anilines is 1. The van der Waals surface area contributed by atoms with Gasteiger partial charge in [-0.05, 0) is 62.7 Å². The number of benzene rings is 2. The molecule has 1 amide bonds. The molecule has 1 fully saturated rings. The van der Waals surface area contributed by atoms with Crippen molar-refractivity contribution in [3.8, 4) is 0 Å². The lowest BCUT2D eigenvalue weighted by molar-refractivity contribution is 0.0942. The van der Waals surface area contributed by atoms with Crippen LogP contribution in [0.4, 0.5) is 5.69 Å². The third-order valence-corrected chi connectivity index (χ3v) is 8.10. The second-order valence-corrected chi connectivity index (χ2v) is 11.1. The highest BCUT2D eigenvalue weighted by Crippen LogP contribution is 2.28. The molecule has 0 aliphatic carbocycles. The Morgan fingerprint density at radius 2 is 1.67 bits per heavy atom. The van der Waals surface area contributed by atoms with Gasteiger partial charge in [-0.1, -0.05) is 31.2 Å². The van der Waals surface area contributed by atoms with Gasteiger partial charge in [-0.2, -0.15) is 0 Å². The number of carbonyl (C=O) groups excluding carboxylic acids is 1. The molecule has 1 heterocycles. The van der Waals surface area contributed by atoms with Crippen LogP contribution in [0.2, 0.25) is 0 Å². The van der Waals surface area contributed by atoms with Gasteiger partial charge in [0, 0.05) is 39.4 Å². The number of amides is 1. The molecule has 1 aliphatic rings. The number of nitrogens with one attached hydrogen (secondary N) is 1. The summed E-state index contributed by atoms with van der Waals surface area (Å²) in [6, 6.07) is 13.3. The Kier molecular flexibility index (Phi) is 8.15. The topological polar surface area (TPSA) is 73.0 Å². The summed E-state index contributed by atoms with van der Waals surface area (Å²) < 4.78 is 26.6. The first-order chi connectivity index (χ1) is 15.6. The maximum absolute atomic E-state index is 13.4. The van der Waals surface area contributed by atoms with Gasteiger partial charge in [0.15, 0.2) is 0 Å². The van der Waals surface area contributed by atoms with Gasteiger partial charge >= 0.3 is 0 Å². The molecular weight excluding hydrogens is 436 g/mol. The van der Waals surface area contributed by atoms with Crippen molar-refractivity contribution in [1.29, 1.82) is 0 Å². The van der Waals surface area contributed by atoms with E-state index in [4.69, 9.17) is 0 Å². The van der Waals surface area contributed by atoms with E-state index in [0.717, 1.165) is 43.6 Å². The Morgan fingerprint density at radius 3 is 2.21 bits per heavy atom. The summed E-state index contributed by atoms with van der Waals surface area (Å²) in [6.07, 6.45) is 3.11. The van der Waals surface area contributed by atoms with Gasteiger partial charge in [0.25, 0.3) is 5.91 Å². The second-order valence-electron chi connectivity index (χ2n) is 8.95. The van der Waals surface area contributed by atoms with E-state index in [1.807, 2.05) is 14.1 Å². The zero-order valence-electron chi connectivity index (χ0n) is 20.3. The fourth-order valence-corrected chi connectivity index (χ4v) is 5.09. The number of carbonyl (C=O) groups is 1. The van der Waals surface area contributed by atoms with Crippen LogP contribution < -0.4 is 10.2 Å². The highest BCUT2D eigenvalue weighted by molar-refractivity contribution is 7.89. The van der Waals surface area contributed by atoms with E-state index in [0.29, 0.717) is 12.1 Å². The molecule has 0 aromatic heterocycles. The Bertz CT molecular complexity index is 1060. The second kappa shape index (κ2) is 10.7. The Hall–Kier alpha value is -2.42. The monoisotopic (exact) mass is 472 g/mol. The molecule has 1 N–H and O–H groups in total. The summed E-state index contributed by atoms with van der Waals surface area (Å²) in [5, 5.41) is 3.06. The summed E-state index contributed by atoms with van der Waals surface area (Å²) in [6.45, 7) is 4.27. The number of aryl methyl sites for hydroxylation is 1. The largest absolute Gasteiger partial charge is 0.371 e. The molecule has 1 unspecified atom stereocenters. The molecule has 1 atom stereocenters. The van der Waals surface area contributed by atoms with E-state index in [-0.39, 0.29) is 16.8 Å². The van der Waals surface area contributed by atoms with E-state index < -0.39 is 10.0 Å². The van der Waals surface area contributed by atoms with E-state index in [1.54, 1.807) is 12.1 Å². The lowest BCUT2D eigenvalue weighted by atomic mass is 10.0. The molecule has 1 aliphatic heterocycles. The van der Waals surface area contributed by atoms with Gasteiger partial charge in [0.1, 0.15) is 0 Å². The van der Waals surface area contributed by atoms with E-state index >= 15 is 0 Å². The zero-order valence-corrected chi connectivity index (χ0v) is 21.2. The van der Waals surface area contributed by atoms with Crippen molar-refractivity contribution in [3.05, 3.63) is 59.2 Å². The van der Waals surface area contributed by atoms with Crippen LogP contribution in [-0.4, -0.2) is 71.4 Å². The van der Waals surface area contributed by atoms with E-state index in [1.165, 1.54) is 30.0 Å². The van der Waals surface area contributed by atoms with Crippen LogP contribution in [0.15, 0.2) is 47.4 Å². The molecule has 33 heavy (non-hydrogen) atoms. The SMILES string of the molecule is CCc1ccc(C(CNC(=O)c2cc(S(=O)(=O)N(C)C)ccc2N2CCCC2)N(C)C)cc1. The third kappa shape index (κ3) is 5.75. The van der Waals surface area contributed by atoms with E-state index in [2.05, 4.69) is 46.3 Å². The zero-order chi connectivity index (χ0) is 24.2. The normalized spacial score (nSPS) is 15.3. The fraction of sp³-hybridized carbons (Fsp3) is 0.480. The molecule has 1 saturated heterocycles. The van der Waals surface area contributed by atoms with Crippen LogP contribution in [0, 0.1) is 0 Å². The fourth-order valence-electron chi connectivity index (χ4n) is 4.16. The summed E-state index contributed by atoms with van der Waals surface area (Å²) in [7, 11) is 3.33. The molecule has 0 radical (unpaired) electrons. The van der Waals surface area contributed by atoms with Crippen molar-refractivity contribution in [2.75, 3.05) is 52.7 Å². The molecule has 0 bridgehead atoms. The molecular formula is C25H36N4O3S. The third-order valence-electron chi connectivity index (χ3n) is 6.29. The van der Waals surface area contributed by atoms with Crippen molar-refractivity contribution < 1.29 is 13.2 Å². The minimum Gasteiger partial charge on any atom is -0.371 e. The minimum absolute atomic E-state index is 0.00350. The molecule has 0 saturated carbocycles. The van der Waals surface area contributed by atoms with Crippen molar-refractivity contribution >= 4 is 21.6 Å². The molecule has 2 aromatic rings. The van der Waals surface area contributed by atoms with Crippen LogP contribution in [-0.2, 0) is 16.4 Å². The molecule has 3 rings (SSSR count). The average molecular weight is 473 g/mol. The number of hydrogen-bond acceptors (Lipinski definition) is 5. The number of nitrogens with zero attached hydrogens (tertiary/aromatic N) is 3. The van der Waals surface area contributed by atoms with Crippen molar-refractivity contribution in [2.24, 2.45) is 0 Å². The van der Waals surface area contributed by atoms with Gasteiger partial charge in [0.05, 0.1) is 16.5 Å². The average Bonchev–Trinajstić information content (AvgIpc) is 3.33. The number of likely N-dealkylation sites (N-methyl/N-ethyl adjacent to an activating group) is 1. The quantitative estimate of drug-likeness (QED) is 0.607. The lowest BCUT2D eigenvalue weighted by Crippen LogP contribution is -2.35. The first kappa shape index (κ1) is 25.2. The molecule has 8 heteroatoms. The van der Waals surface area contributed by atoms with Gasteiger partial charge in [-0.3, -0.25) is 4.79 Å². The highest BCUT2D eigenvalue weighted by atomic mass is 32.2. The van der Waals surface area contributed by atoms with Crippen LogP contribution in [0.3, 0.4) is 0 Å². The first-order valence-corrected chi connectivity index (χ1v) is 12.9. The van der Waals surface area contributed by atoms with Crippen LogP contribution >= 0.6 is 0 Å². The van der Waals surface area contributed by atoms with Gasteiger partial charge in [-0.25, -0.2) is 12.7 Å². The maximum Gasteiger partial charge on any atom is 0.253 e. The first-order valence-electron chi connectivity index (χ1n) is 11.5. The predicted molar refractivity (Wildman–Crippen MR) is 133 cm³/mol. The van der Waals surface area contributed by atoms with Gasteiger partial charge < -0.3 is 15.1 Å². The Morgan fingerprint density at radius 1 is 1.03 bits per heavy atom. The van der Waals surface area contributed by atoms with Crippen molar-refractivity contribution in [1.82, 2.24) is 14.5 Å². The molecule has 2 aromatic carbocycles. The number of rotatable bonds is 9. The smallest absolute Gasteiger partial charge is 0.253 e. The van der Waals surface area contributed by atoms with E-state index in [9.17, 15) is 13.2 Å². The summed E-state index contributed by atoms with van der Waals surface area (Å²) in [4.78, 5) is 17.7. The predicted octanol–water partition coefficient (Wildman–Crippen LogP) is 3.13. The Balaban J connectivity index is 1.88. The van der Waals surface area contributed by atoms with Crippen LogP contribution in [0.25, 0.3) is 0 Å². The number of sulfonamides is 1. The minimum atomic E-state index is -3.64. The molecule has 7 nitrogen and oxygen atoms in total. The lowest BCUT2D eigenvalue weighted by Gasteiger charge is -2.26. The summed E-state index contributed by atoms with van der Waals surface area (Å²) in [5.41, 5.74) is 3.59. The van der Waals surface area contributed by atoms with Crippen molar-refractivity contribution in [2.45, 2.75) is 37.1 Å². The van der Waals surface area contributed by atoms with Gasteiger partial charge in [-0.15, -0.1) is 0 Å². The summed E-state index contributed by atoms with van der Waals surface area (Å²) in [5.74, 6) is -0.260. The number of hydrogen-bond donors (Lipinski definition) is 1. The molecule has 0 spiro atoms. The van der Waals surface area contributed by atoms with Gasteiger partial charge in [0.2, 0.25) is 10.0 Å². The Labute approximate surface area is 198 Å².